The Morgan fingerprint density at radius 1 is 1.17 bits per heavy atom. The summed E-state index contributed by atoms with van der Waals surface area (Å²) in [6.45, 7) is 7.34. The third-order valence-corrected chi connectivity index (χ3v) is 2.47. The summed E-state index contributed by atoms with van der Waals surface area (Å²) in [5, 5.41) is 6.42. The average molecular weight is 304 g/mol. The Morgan fingerprint density at radius 3 is 2.39 bits per heavy atom. The number of nitrogens with zero attached hydrogens (tertiary/aromatic N) is 1. The monoisotopic (exact) mass is 303 g/mol. The number of hydrogen-bond donors (Lipinski definition) is 5. The lowest BCUT2D eigenvalue weighted by atomic mass is 10.1. The van der Waals surface area contributed by atoms with Gasteiger partial charge in [0.05, 0.1) is 0 Å². The Labute approximate surface area is 126 Å². The van der Waals surface area contributed by atoms with Gasteiger partial charge in [0.25, 0.3) is 0 Å². The van der Waals surface area contributed by atoms with Crippen LogP contribution in [-0.2, 0) is 6.42 Å². The van der Waals surface area contributed by atoms with E-state index in [1.807, 2.05) is 18.2 Å². The molecule has 0 saturated carbocycles. The minimum Gasteiger partial charge on any atom is -0.339 e. The zero-order valence-corrected chi connectivity index (χ0v) is 13.6. The number of pyridine rings is 1. The fourth-order valence-electron chi connectivity index (χ4n) is 1.43. The zero-order chi connectivity index (χ0) is 13.8. The van der Waals surface area contributed by atoms with E-state index in [9.17, 15) is 0 Å². The van der Waals surface area contributed by atoms with Crippen LogP contribution in [0.4, 0.5) is 5.82 Å². The zero-order valence-electron chi connectivity index (χ0n) is 10.9. The van der Waals surface area contributed by atoms with E-state index in [1.54, 1.807) is 0 Å². The molecule has 1 aromatic rings. The fraction of sp³-hybridized carbons (Fsp3) is 0.583. The summed E-state index contributed by atoms with van der Waals surface area (Å²) in [4.78, 5) is 4.48. The van der Waals surface area contributed by atoms with Crippen LogP contribution in [0.1, 0.15) is 26.5 Å². The number of nitrogens with one attached hydrogen (secondary N) is 2. The lowest BCUT2D eigenvalue weighted by Gasteiger charge is -2.21. The molecular weight excluding hydrogens is 282 g/mol. The summed E-state index contributed by atoms with van der Waals surface area (Å²) in [5.41, 5.74) is 1.16. The maximum atomic E-state index is 4.48. The molecule has 0 unspecified atom stereocenters. The van der Waals surface area contributed by atoms with Gasteiger partial charge in [-0.15, -0.1) is 37.9 Å². The maximum Gasteiger partial charge on any atom is 0.171 e. The molecule has 0 aliphatic rings. The SMILES string of the molecule is CC(C)(C)NCCc1cccc(NC(S)(S)S)n1. The lowest BCUT2D eigenvalue weighted by Crippen LogP contribution is -2.37. The Hall–Kier alpha value is -0.0400. The first-order valence-corrected chi connectivity index (χ1v) is 7.16. The second kappa shape index (κ2) is 6.41. The third kappa shape index (κ3) is 7.41. The van der Waals surface area contributed by atoms with Crippen molar-refractivity contribution < 1.29 is 0 Å². The van der Waals surface area contributed by atoms with Crippen LogP contribution in [0.3, 0.4) is 0 Å². The number of anilines is 1. The highest BCUT2D eigenvalue weighted by molar-refractivity contribution is 8.17. The molecule has 0 aromatic carbocycles. The topological polar surface area (TPSA) is 37.0 Å². The van der Waals surface area contributed by atoms with Crippen LogP contribution >= 0.6 is 37.9 Å². The van der Waals surface area contributed by atoms with Gasteiger partial charge in [-0.05, 0) is 32.9 Å². The summed E-state index contributed by atoms with van der Waals surface area (Å²) >= 11 is 12.5. The second-order valence-electron chi connectivity index (χ2n) is 5.20. The van der Waals surface area contributed by atoms with Crippen molar-refractivity contribution in [3.05, 3.63) is 23.9 Å². The molecule has 0 atom stereocenters. The molecule has 0 saturated heterocycles. The van der Waals surface area contributed by atoms with Crippen LogP contribution in [0, 0.1) is 0 Å². The molecule has 0 aliphatic carbocycles. The van der Waals surface area contributed by atoms with Crippen LogP contribution in [0.15, 0.2) is 18.2 Å². The summed E-state index contributed by atoms with van der Waals surface area (Å²) < 4.78 is -0.866. The molecule has 0 amide bonds. The quantitative estimate of drug-likeness (QED) is 0.429. The van der Waals surface area contributed by atoms with Crippen LogP contribution in [0.5, 0.6) is 0 Å². The van der Waals surface area contributed by atoms with Crippen molar-refractivity contribution in [3.8, 4) is 0 Å². The van der Waals surface area contributed by atoms with Crippen molar-refractivity contribution in [2.45, 2.75) is 36.3 Å². The lowest BCUT2D eigenvalue weighted by molar-refractivity contribution is 0.428. The molecule has 3 nitrogen and oxygen atoms in total. The first-order valence-electron chi connectivity index (χ1n) is 5.82. The van der Waals surface area contributed by atoms with E-state index in [4.69, 9.17) is 0 Å². The normalized spacial score (nSPS) is 12.6. The number of thiol groups is 3. The molecule has 1 aromatic heterocycles. The molecule has 1 rings (SSSR count). The first-order chi connectivity index (χ1) is 8.16. The van der Waals surface area contributed by atoms with Gasteiger partial charge in [-0.1, -0.05) is 6.07 Å². The van der Waals surface area contributed by atoms with Crippen LogP contribution in [-0.4, -0.2) is 20.6 Å². The largest absolute Gasteiger partial charge is 0.339 e. The van der Waals surface area contributed by atoms with Gasteiger partial charge in [-0.3, -0.25) is 0 Å². The average Bonchev–Trinajstić information content (AvgIpc) is 2.13. The Balaban J connectivity index is 2.55. The van der Waals surface area contributed by atoms with E-state index in [0.29, 0.717) is 0 Å². The van der Waals surface area contributed by atoms with Gasteiger partial charge < -0.3 is 10.6 Å². The highest BCUT2D eigenvalue weighted by Crippen LogP contribution is 2.25. The first kappa shape index (κ1) is 16.0. The van der Waals surface area contributed by atoms with E-state index in [0.717, 1.165) is 24.5 Å². The van der Waals surface area contributed by atoms with E-state index >= 15 is 0 Å². The second-order valence-corrected chi connectivity index (χ2v) is 8.27. The Morgan fingerprint density at radius 2 is 1.83 bits per heavy atom. The summed E-state index contributed by atoms with van der Waals surface area (Å²) in [6.07, 6.45) is 0.880. The fourth-order valence-corrected chi connectivity index (χ4v) is 1.77. The van der Waals surface area contributed by atoms with Crippen LogP contribution < -0.4 is 10.6 Å². The number of hydrogen-bond acceptors (Lipinski definition) is 6. The molecule has 0 bridgehead atoms. The van der Waals surface area contributed by atoms with Crippen molar-refractivity contribution in [1.82, 2.24) is 10.3 Å². The van der Waals surface area contributed by atoms with E-state index in [1.165, 1.54) is 0 Å². The van der Waals surface area contributed by atoms with Crippen molar-refractivity contribution in [2.24, 2.45) is 0 Å². The number of rotatable bonds is 5. The maximum absolute atomic E-state index is 4.48. The minimum atomic E-state index is -0.866. The van der Waals surface area contributed by atoms with Crippen molar-refractivity contribution in [2.75, 3.05) is 11.9 Å². The molecule has 6 heteroatoms. The van der Waals surface area contributed by atoms with Crippen molar-refractivity contribution >= 4 is 43.7 Å². The third-order valence-electron chi connectivity index (χ3n) is 2.14. The summed E-state index contributed by atoms with van der Waals surface area (Å²) in [6, 6.07) is 5.84. The molecule has 0 spiro atoms. The highest BCUT2D eigenvalue weighted by Gasteiger charge is 2.13. The molecule has 102 valence electrons. The molecule has 0 fully saturated rings. The van der Waals surface area contributed by atoms with Gasteiger partial charge in [0.1, 0.15) is 5.82 Å². The van der Waals surface area contributed by atoms with Gasteiger partial charge in [-0.2, -0.15) is 0 Å². The predicted octanol–water partition coefficient (Wildman–Crippen LogP) is 2.82. The number of aromatic nitrogens is 1. The molecule has 18 heavy (non-hydrogen) atoms. The standard InChI is InChI=1S/C12H21N3S3/c1-11(2,3)13-8-7-9-5-4-6-10(14-9)15-12(16,17)18/h4-6,13,16-18H,7-8H2,1-3H3,(H,14,15). The Bertz CT molecular complexity index is 383. The van der Waals surface area contributed by atoms with Gasteiger partial charge in [-0.25, -0.2) is 4.98 Å². The highest BCUT2D eigenvalue weighted by atomic mass is 32.2. The molecule has 2 N–H and O–H groups in total. The smallest absolute Gasteiger partial charge is 0.171 e. The summed E-state index contributed by atoms with van der Waals surface area (Å²) in [7, 11) is 0. The van der Waals surface area contributed by atoms with Gasteiger partial charge in [0, 0.05) is 24.2 Å². The van der Waals surface area contributed by atoms with E-state index in [-0.39, 0.29) is 5.54 Å². The molecule has 0 aliphatic heterocycles. The van der Waals surface area contributed by atoms with Crippen LogP contribution in [0.25, 0.3) is 0 Å². The minimum absolute atomic E-state index is 0.131. The molecule has 1 heterocycles. The van der Waals surface area contributed by atoms with E-state index < -0.39 is 3.54 Å². The Kier molecular flexibility index (Phi) is 5.70. The summed E-state index contributed by atoms with van der Waals surface area (Å²) in [5.74, 6) is 0.725. The van der Waals surface area contributed by atoms with Gasteiger partial charge >= 0.3 is 0 Å². The van der Waals surface area contributed by atoms with Gasteiger partial charge in [0.15, 0.2) is 3.54 Å². The predicted molar refractivity (Wildman–Crippen MR) is 89.0 cm³/mol. The van der Waals surface area contributed by atoms with Crippen molar-refractivity contribution in [1.29, 1.82) is 0 Å². The molecular formula is C12H21N3S3. The van der Waals surface area contributed by atoms with E-state index in [2.05, 4.69) is 74.3 Å². The van der Waals surface area contributed by atoms with Gasteiger partial charge in [0.2, 0.25) is 0 Å². The van der Waals surface area contributed by atoms with Crippen LogP contribution in [0.2, 0.25) is 0 Å². The molecule has 0 radical (unpaired) electrons. The van der Waals surface area contributed by atoms with Crippen molar-refractivity contribution in [3.63, 3.8) is 0 Å².